The van der Waals surface area contributed by atoms with E-state index in [4.69, 9.17) is 14.6 Å². The number of hydrogen-bond acceptors (Lipinski definition) is 3. The van der Waals surface area contributed by atoms with E-state index < -0.39 is 5.97 Å². The lowest BCUT2D eigenvalue weighted by Gasteiger charge is -2.21. The van der Waals surface area contributed by atoms with E-state index in [0.29, 0.717) is 6.42 Å². The molecule has 0 heterocycles. The van der Waals surface area contributed by atoms with Crippen LogP contribution in [0.2, 0.25) is 0 Å². The number of carboxylic acids is 1. The van der Waals surface area contributed by atoms with Crippen molar-refractivity contribution in [1.82, 2.24) is 0 Å². The van der Waals surface area contributed by atoms with E-state index in [0.717, 1.165) is 18.4 Å². The van der Waals surface area contributed by atoms with Gasteiger partial charge >= 0.3 is 5.97 Å². The lowest BCUT2D eigenvalue weighted by molar-refractivity contribution is -0.141. The number of allylic oxidation sites excluding steroid dienone is 2. The Morgan fingerprint density at radius 1 is 1.71 bits per heavy atom. The van der Waals surface area contributed by atoms with Crippen LogP contribution in [0, 0.1) is 5.92 Å². The third-order valence-corrected chi connectivity index (χ3v) is 2.79. The molecule has 0 aromatic carbocycles. The van der Waals surface area contributed by atoms with Gasteiger partial charge in [0.25, 0.3) is 0 Å². The predicted molar refractivity (Wildman–Crippen MR) is 64.6 cm³/mol. The zero-order valence-corrected chi connectivity index (χ0v) is 10.4. The van der Waals surface area contributed by atoms with Crippen LogP contribution >= 0.6 is 0 Å². The molecular weight excluding hydrogens is 220 g/mol. The largest absolute Gasteiger partial charge is 0.481 e. The van der Waals surface area contributed by atoms with E-state index in [-0.39, 0.29) is 18.8 Å². The summed E-state index contributed by atoms with van der Waals surface area (Å²) >= 11 is 0. The summed E-state index contributed by atoms with van der Waals surface area (Å²) in [5.74, 6) is -1.13. The first-order valence-electron chi connectivity index (χ1n) is 5.85. The number of aliphatic carboxylic acids is 1. The van der Waals surface area contributed by atoms with Gasteiger partial charge in [0.15, 0.2) is 0 Å². The quantitative estimate of drug-likeness (QED) is 0.724. The number of carbonyl (C=O) groups is 1. The van der Waals surface area contributed by atoms with Gasteiger partial charge in [0.1, 0.15) is 6.79 Å². The third-order valence-electron chi connectivity index (χ3n) is 2.79. The number of ether oxygens (including phenoxy) is 2. The van der Waals surface area contributed by atoms with Crippen LogP contribution in [0.4, 0.5) is 0 Å². The van der Waals surface area contributed by atoms with Crippen molar-refractivity contribution in [2.24, 2.45) is 5.92 Å². The smallest absolute Gasteiger partial charge is 0.306 e. The monoisotopic (exact) mass is 240 g/mol. The molecule has 0 unspecified atom stereocenters. The molecule has 4 heteroatoms. The Kier molecular flexibility index (Phi) is 5.94. The van der Waals surface area contributed by atoms with E-state index >= 15 is 0 Å². The van der Waals surface area contributed by atoms with E-state index in [2.05, 4.69) is 6.08 Å². The number of methoxy groups -OCH3 is 1. The van der Waals surface area contributed by atoms with Crippen LogP contribution in [0.3, 0.4) is 0 Å². The minimum Gasteiger partial charge on any atom is -0.481 e. The van der Waals surface area contributed by atoms with E-state index in [9.17, 15) is 4.79 Å². The molecule has 1 aliphatic rings. The number of hydrogen-bond donors (Lipinski definition) is 1. The fourth-order valence-electron chi connectivity index (χ4n) is 1.68. The maximum Gasteiger partial charge on any atom is 0.306 e. The highest BCUT2D eigenvalue weighted by molar-refractivity contribution is 5.69. The van der Waals surface area contributed by atoms with Crippen molar-refractivity contribution in [2.75, 3.05) is 13.9 Å². The molecular formula is C13H20O4. The van der Waals surface area contributed by atoms with Gasteiger partial charge in [0.2, 0.25) is 0 Å². The van der Waals surface area contributed by atoms with Gasteiger partial charge in [-0.3, -0.25) is 4.79 Å². The molecule has 0 aliphatic heterocycles. The van der Waals surface area contributed by atoms with Gasteiger partial charge in [-0.2, -0.15) is 0 Å². The molecule has 0 fully saturated rings. The summed E-state index contributed by atoms with van der Waals surface area (Å²) < 4.78 is 10.4. The highest BCUT2D eigenvalue weighted by Gasteiger charge is 2.17. The second kappa shape index (κ2) is 7.25. The molecule has 0 amide bonds. The third kappa shape index (κ3) is 4.71. The first-order chi connectivity index (χ1) is 8.15. The summed E-state index contributed by atoms with van der Waals surface area (Å²) in [6, 6.07) is 0. The second-order valence-electron chi connectivity index (χ2n) is 4.22. The van der Waals surface area contributed by atoms with Crippen LogP contribution in [0.5, 0.6) is 0 Å². The molecule has 2 atom stereocenters. The van der Waals surface area contributed by atoms with Crippen molar-refractivity contribution >= 4 is 5.97 Å². The van der Waals surface area contributed by atoms with Crippen LogP contribution < -0.4 is 0 Å². The van der Waals surface area contributed by atoms with Gasteiger partial charge in [0.05, 0.1) is 12.0 Å². The highest BCUT2D eigenvalue weighted by atomic mass is 16.7. The van der Waals surface area contributed by atoms with Crippen molar-refractivity contribution in [3.63, 3.8) is 0 Å². The van der Waals surface area contributed by atoms with Crippen molar-refractivity contribution in [3.05, 3.63) is 23.8 Å². The maximum atomic E-state index is 10.7. The molecule has 0 aromatic heterocycles. The van der Waals surface area contributed by atoms with E-state index in [1.807, 2.05) is 12.2 Å². The maximum absolute atomic E-state index is 10.7. The zero-order valence-electron chi connectivity index (χ0n) is 10.4. The predicted octanol–water partition coefficient (Wildman–Crippen LogP) is 2.36. The van der Waals surface area contributed by atoms with Crippen LogP contribution in [0.1, 0.15) is 26.2 Å². The minimum atomic E-state index is -0.768. The van der Waals surface area contributed by atoms with Crippen molar-refractivity contribution < 1.29 is 19.4 Å². The molecule has 0 radical (unpaired) electrons. The minimum absolute atomic E-state index is 0.0287. The topological polar surface area (TPSA) is 55.8 Å². The van der Waals surface area contributed by atoms with Gasteiger partial charge in [-0.1, -0.05) is 25.2 Å². The zero-order chi connectivity index (χ0) is 12.7. The molecule has 1 rings (SSSR count). The fourth-order valence-corrected chi connectivity index (χ4v) is 1.68. The SMILES string of the molecule is COCO[C@@H]1CCC=C/C1=C\C[C@@H](C)C(=O)O. The molecule has 4 nitrogen and oxygen atoms in total. The Balaban J connectivity index is 2.57. The standard InChI is InChI=1S/C13H20O4/c1-10(13(14)15)7-8-11-5-3-4-6-12(11)17-9-16-2/h3,5,8,10,12H,4,6-7,9H2,1-2H3,(H,14,15)/b11-8+/t10-,12-/m1/s1. The van der Waals surface area contributed by atoms with Crippen LogP contribution in [0.15, 0.2) is 23.8 Å². The summed E-state index contributed by atoms with van der Waals surface area (Å²) in [5, 5.41) is 8.82. The summed E-state index contributed by atoms with van der Waals surface area (Å²) in [5.41, 5.74) is 1.06. The van der Waals surface area contributed by atoms with Gasteiger partial charge in [-0.05, 0) is 24.8 Å². The van der Waals surface area contributed by atoms with Gasteiger partial charge in [0, 0.05) is 7.11 Å². The Bertz CT molecular complexity index is 307. The second-order valence-corrected chi connectivity index (χ2v) is 4.22. The summed E-state index contributed by atoms with van der Waals surface area (Å²) in [7, 11) is 1.59. The molecule has 0 bridgehead atoms. The summed E-state index contributed by atoms with van der Waals surface area (Å²) in [4.78, 5) is 10.7. The molecule has 0 spiro atoms. The van der Waals surface area contributed by atoms with Crippen molar-refractivity contribution in [3.8, 4) is 0 Å². The average molecular weight is 240 g/mol. The first-order valence-corrected chi connectivity index (χ1v) is 5.85. The van der Waals surface area contributed by atoms with Crippen molar-refractivity contribution in [1.29, 1.82) is 0 Å². The normalized spacial score (nSPS) is 23.9. The Hall–Kier alpha value is -1.13. The summed E-state index contributed by atoms with van der Waals surface area (Å²) in [6.45, 7) is 1.97. The summed E-state index contributed by atoms with van der Waals surface area (Å²) in [6.07, 6.45) is 8.52. The Morgan fingerprint density at radius 3 is 3.12 bits per heavy atom. The molecule has 0 saturated heterocycles. The lowest BCUT2D eigenvalue weighted by atomic mass is 9.96. The molecule has 0 aromatic rings. The van der Waals surface area contributed by atoms with Gasteiger partial charge in [-0.15, -0.1) is 0 Å². The van der Waals surface area contributed by atoms with Crippen LogP contribution in [-0.4, -0.2) is 31.1 Å². The molecule has 96 valence electrons. The van der Waals surface area contributed by atoms with Gasteiger partial charge < -0.3 is 14.6 Å². The average Bonchev–Trinajstić information content (AvgIpc) is 2.34. The Labute approximate surface area is 102 Å². The molecule has 1 N–H and O–H groups in total. The first kappa shape index (κ1) is 13.9. The lowest BCUT2D eigenvalue weighted by Crippen LogP contribution is -2.19. The highest BCUT2D eigenvalue weighted by Crippen LogP contribution is 2.22. The van der Waals surface area contributed by atoms with E-state index in [1.54, 1.807) is 14.0 Å². The molecule has 1 aliphatic carbocycles. The van der Waals surface area contributed by atoms with E-state index in [1.165, 1.54) is 0 Å². The molecule has 0 saturated carbocycles. The van der Waals surface area contributed by atoms with Gasteiger partial charge in [-0.25, -0.2) is 0 Å². The molecule has 17 heavy (non-hydrogen) atoms. The number of carboxylic acid groups (broad SMARTS) is 1. The van der Waals surface area contributed by atoms with Crippen molar-refractivity contribution in [2.45, 2.75) is 32.3 Å². The Morgan fingerprint density at radius 2 is 2.47 bits per heavy atom. The number of rotatable bonds is 6. The van der Waals surface area contributed by atoms with Crippen LogP contribution in [-0.2, 0) is 14.3 Å². The van der Waals surface area contributed by atoms with Crippen LogP contribution in [0.25, 0.3) is 0 Å². The fraction of sp³-hybridized carbons (Fsp3) is 0.615.